The summed E-state index contributed by atoms with van der Waals surface area (Å²) in [5, 5.41) is 9.24. The molecule has 0 unspecified atom stereocenters. The molecule has 1 amide bonds. The Morgan fingerprint density at radius 1 is 1.26 bits per heavy atom. The number of nitrogens with zero attached hydrogens (tertiary/aromatic N) is 3. The fraction of sp³-hybridized carbons (Fsp3) is 0.286. The predicted octanol–water partition coefficient (Wildman–Crippen LogP) is 4.02. The number of fused-ring (bicyclic) bond motifs is 1. The molecule has 0 radical (unpaired) electrons. The number of rotatable bonds is 8. The van der Waals surface area contributed by atoms with Crippen LogP contribution in [0, 0.1) is 18.6 Å². The number of nitrogen functional groups attached to an aromatic ring is 1. The van der Waals surface area contributed by atoms with Crippen molar-refractivity contribution in [1.29, 1.82) is 0 Å². The molecule has 2 aromatic carbocycles. The Morgan fingerprint density at radius 3 is 2.52 bits per heavy atom. The molecule has 0 spiro atoms. The lowest BCUT2D eigenvalue weighted by Gasteiger charge is -2.45. The Kier molecular flexibility index (Phi) is 8.43. The van der Waals surface area contributed by atoms with Crippen LogP contribution >= 0.6 is 11.6 Å². The Labute approximate surface area is 243 Å². The molecular formula is C28H27ClF2N4O7. The number of carbonyl (C=O) groups excluding carboxylic acids is 2. The zero-order valence-corrected chi connectivity index (χ0v) is 23.6. The molecule has 11 nitrogen and oxygen atoms in total. The average molecular weight is 605 g/mol. The molecule has 3 N–H and O–H groups in total. The number of hydrogen-bond donors (Lipinski definition) is 2. The van der Waals surface area contributed by atoms with Crippen molar-refractivity contribution in [3.8, 4) is 5.69 Å². The lowest BCUT2D eigenvalue weighted by atomic mass is 10.00. The zero-order chi connectivity index (χ0) is 31.0. The number of anilines is 2. The molecule has 1 aliphatic rings. The Morgan fingerprint density at radius 2 is 1.93 bits per heavy atom. The van der Waals surface area contributed by atoms with Crippen LogP contribution in [-0.2, 0) is 20.9 Å². The van der Waals surface area contributed by atoms with E-state index in [4.69, 9.17) is 26.8 Å². The molecule has 1 saturated heterocycles. The molecule has 0 bridgehead atoms. The van der Waals surface area contributed by atoms with Gasteiger partial charge in [0.1, 0.15) is 24.6 Å². The number of aromatic carboxylic acids is 1. The summed E-state index contributed by atoms with van der Waals surface area (Å²) < 4.78 is 41.7. The van der Waals surface area contributed by atoms with Crippen LogP contribution < -0.4 is 16.1 Å². The van der Waals surface area contributed by atoms with Gasteiger partial charge in [-0.3, -0.25) is 9.59 Å². The van der Waals surface area contributed by atoms with Crippen LogP contribution in [0.15, 0.2) is 35.8 Å². The summed E-state index contributed by atoms with van der Waals surface area (Å²) >= 11 is 6.80. The number of ether oxygens (including phenoxy) is 2. The van der Waals surface area contributed by atoms with E-state index in [0.29, 0.717) is 0 Å². The van der Waals surface area contributed by atoms with E-state index in [1.165, 1.54) is 35.6 Å². The third kappa shape index (κ3) is 5.34. The number of benzene rings is 2. The number of carboxylic acid groups (broad SMARTS) is 1. The normalized spacial score (nSPS) is 13.0. The smallest absolute Gasteiger partial charge is 0.410 e. The number of pyridine rings is 1. The third-order valence-electron chi connectivity index (χ3n) is 6.99. The molecule has 4 rings (SSSR count). The Bertz CT molecular complexity index is 1700. The monoisotopic (exact) mass is 604 g/mol. The quantitative estimate of drug-likeness (QED) is 0.221. The van der Waals surface area contributed by atoms with Gasteiger partial charge in [0.15, 0.2) is 5.82 Å². The van der Waals surface area contributed by atoms with Crippen molar-refractivity contribution in [3.63, 3.8) is 0 Å². The first-order chi connectivity index (χ1) is 19.8. The van der Waals surface area contributed by atoms with Gasteiger partial charge in [-0.1, -0.05) is 24.3 Å². The summed E-state index contributed by atoms with van der Waals surface area (Å²) in [7, 11) is 1.53. The number of nitrogens with two attached hydrogens (primary N) is 1. The number of halogens is 3. The first-order valence-electron chi connectivity index (χ1n) is 12.6. The molecule has 0 atom stereocenters. The van der Waals surface area contributed by atoms with E-state index in [1.807, 2.05) is 0 Å². The number of hydrogen-bond acceptors (Lipinski definition) is 8. The molecule has 2 heterocycles. The second kappa shape index (κ2) is 11.7. The van der Waals surface area contributed by atoms with Crippen LogP contribution in [0.5, 0.6) is 0 Å². The summed E-state index contributed by atoms with van der Waals surface area (Å²) in [4.78, 5) is 52.0. The van der Waals surface area contributed by atoms with Gasteiger partial charge in [0.25, 0.3) is 0 Å². The minimum Gasteiger partial charge on any atom is -0.477 e. The van der Waals surface area contributed by atoms with Crippen molar-refractivity contribution in [2.24, 2.45) is 0 Å². The summed E-state index contributed by atoms with van der Waals surface area (Å²) in [6.45, 7) is 5.88. The van der Waals surface area contributed by atoms with E-state index in [2.05, 4.69) is 6.58 Å². The van der Waals surface area contributed by atoms with Gasteiger partial charge in [0.05, 0.1) is 39.0 Å². The minimum atomic E-state index is -1.59. The van der Waals surface area contributed by atoms with E-state index in [-0.39, 0.29) is 69.9 Å². The first kappa shape index (κ1) is 30.3. The van der Waals surface area contributed by atoms with Crippen molar-refractivity contribution in [3.05, 3.63) is 74.6 Å². The van der Waals surface area contributed by atoms with Crippen molar-refractivity contribution in [1.82, 2.24) is 9.47 Å². The summed E-state index contributed by atoms with van der Waals surface area (Å²) in [5.74, 6) is -3.95. The number of carbonyl (C=O) groups is 3. The number of likely N-dealkylation sites (N-methyl/N-ethyl adjacent to an activating group) is 1. The minimum absolute atomic E-state index is 0.0210. The van der Waals surface area contributed by atoms with Crippen LogP contribution in [0.1, 0.15) is 28.4 Å². The van der Waals surface area contributed by atoms with E-state index in [9.17, 15) is 28.7 Å². The maximum Gasteiger partial charge on any atom is 0.410 e. The highest BCUT2D eigenvalue weighted by atomic mass is 35.5. The molecule has 14 heteroatoms. The Balaban J connectivity index is 1.94. The molecular weight excluding hydrogens is 578 g/mol. The van der Waals surface area contributed by atoms with Gasteiger partial charge in [-0.2, -0.15) is 0 Å². The Hall–Kier alpha value is -4.65. The maximum absolute atomic E-state index is 15.9. The van der Waals surface area contributed by atoms with E-state index in [1.54, 1.807) is 4.90 Å². The number of aromatic nitrogens is 1. The zero-order valence-electron chi connectivity index (χ0n) is 22.9. The lowest BCUT2D eigenvalue weighted by Crippen LogP contribution is -2.60. The second-order valence-corrected chi connectivity index (χ2v) is 10.1. The van der Waals surface area contributed by atoms with Crippen molar-refractivity contribution >= 4 is 51.9 Å². The average Bonchev–Trinajstić information content (AvgIpc) is 2.91. The molecule has 1 aliphatic heterocycles. The van der Waals surface area contributed by atoms with E-state index >= 15 is 4.39 Å². The van der Waals surface area contributed by atoms with Gasteiger partial charge in [-0.25, -0.2) is 18.4 Å². The molecule has 222 valence electrons. The van der Waals surface area contributed by atoms with Gasteiger partial charge >= 0.3 is 18.0 Å². The highest BCUT2D eigenvalue weighted by Crippen LogP contribution is 2.41. The molecule has 3 aromatic rings. The fourth-order valence-corrected chi connectivity index (χ4v) is 5.08. The van der Waals surface area contributed by atoms with Crippen LogP contribution in [0.3, 0.4) is 0 Å². The molecule has 42 heavy (non-hydrogen) atoms. The van der Waals surface area contributed by atoms with Crippen LogP contribution in [-0.4, -0.2) is 65.4 Å². The first-order valence-corrected chi connectivity index (χ1v) is 12.9. The van der Waals surface area contributed by atoms with E-state index < -0.39 is 47.3 Å². The number of esters is 1. The molecule has 1 fully saturated rings. The highest BCUT2D eigenvalue weighted by molar-refractivity contribution is 6.38. The van der Waals surface area contributed by atoms with Gasteiger partial charge in [0, 0.05) is 44.4 Å². The fourth-order valence-electron chi connectivity index (χ4n) is 4.70. The summed E-state index contributed by atoms with van der Waals surface area (Å²) in [5.41, 5.74) is 3.60. The SMILES string of the molecule is C=CCOC(=O)N(C)C1CN(c2c(F)c(C)c3c(=O)c(C(=O)O)cn(-c4cc(N)c(F)cc4COC(C)=O)c3c2Cl)C1. The predicted molar refractivity (Wildman–Crippen MR) is 151 cm³/mol. The summed E-state index contributed by atoms with van der Waals surface area (Å²) in [6, 6.07) is 1.82. The van der Waals surface area contributed by atoms with Crippen LogP contribution in [0.25, 0.3) is 16.6 Å². The third-order valence-corrected chi connectivity index (χ3v) is 7.35. The van der Waals surface area contributed by atoms with Gasteiger partial charge in [-0.15, -0.1) is 0 Å². The van der Waals surface area contributed by atoms with Gasteiger partial charge in [-0.05, 0) is 19.1 Å². The van der Waals surface area contributed by atoms with Crippen molar-refractivity contribution in [2.75, 3.05) is 37.4 Å². The van der Waals surface area contributed by atoms with Crippen LogP contribution in [0.4, 0.5) is 25.0 Å². The second-order valence-electron chi connectivity index (χ2n) is 9.69. The van der Waals surface area contributed by atoms with Crippen molar-refractivity contribution < 1.29 is 37.7 Å². The maximum atomic E-state index is 15.9. The number of aryl methyl sites for hydroxylation is 1. The summed E-state index contributed by atoms with van der Waals surface area (Å²) in [6.07, 6.45) is 1.81. The molecule has 0 aliphatic carbocycles. The van der Waals surface area contributed by atoms with E-state index in [0.717, 1.165) is 19.2 Å². The van der Waals surface area contributed by atoms with Gasteiger partial charge in [0.2, 0.25) is 5.43 Å². The molecule has 0 saturated carbocycles. The lowest BCUT2D eigenvalue weighted by molar-refractivity contribution is -0.142. The number of carboxylic acids is 1. The molecule has 1 aromatic heterocycles. The topological polar surface area (TPSA) is 144 Å². The number of amides is 1. The van der Waals surface area contributed by atoms with Gasteiger partial charge < -0.3 is 34.7 Å². The highest BCUT2D eigenvalue weighted by Gasteiger charge is 2.37. The standard InChI is InChI=1S/C28H27ClF2N4O7/c1-5-6-41-28(40)33(4)16-9-34(10-16)25-22(29)24-21(13(2)23(25)31)26(37)17(27(38)39)11-35(24)20-8-19(32)18(30)7-15(20)12-42-14(3)36/h5,7-8,11,16H,1,6,9-10,12,32H2,2-4H3,(H,38,39). The van der Waals surface area contributed by atoms with Crippen molar-refractivity contribution in [2.45, 2.75) is 26.5 Å². The van der Waals surface area contributed by atoms with Crippen LogP contribution in [0.2, 0.25) is 5.02 Å². The largest absolute Gasteiger partial charge is 0.477 e.